The Hall–Kier alpha value is -0.210. The van der Waals surface area contributed by atoms with Crippen molar-refractivity contribution < 1.29 is 14.9 Å². The van der Waals surface area contributed by atoms with E-state index < -0.39 is 11.7 Å². The molecule has 0 aliphatic heterocycles. The Morgan fingerprint density at radius 1 is 1.29 bits per heavy atom. The lowest BCUT2D eigenvalue weighted by Crippen LogP contribution is -2.28. The van der Waals surface area contributed by atoms with Gasteiger partial charge in [0.2, 0.25) is 0 Å². The Morgan fingerprint density at radius 3 is 2.18 bits per heavy atom. The third-order valence-electron chi connectivity index (χ3n) is 2.01. The molecular weight excluding hydrogens is 236 g/mol. The molecule has 17 heavy (non-hydrogen) atoms. The summed E-state index contributed by atoms with van der Waals surface area (Å²) in [6.45, 7) is 8.75. The summed E-state index contributed by atoms with van der Waals surface area (Å²) in [7, 11) is 0. The number of aliphatic hydroxyl groups excluding tert-OH is 1. The smallest absolute Gasteiger partial charge is 0.129 e. The Balaban J connectivity index is 4.49. The van der Waals surface area contributed by atoms with E-state index in [2.05, 4.69) is 24.5 Å². The van der Waals surface area contributed by atoms with Crippen LogP contribution in [0.2, 0.25) is 0 Å². The number of hydrogen-bond donors (Lipinski definition) is 3. The summed E-state index contributed by atoms with van der Waals surface area (Å²) >= 11 is 4.32. The fourth-order valence-electron chi connectivity index (χ4n) is 1.30. The molecule has 0 rings (SSSR count). The van der Waals surface area contributed by atoms with Gasteiger partial charge in [-0.25, -0.2) is 0 Å². The van der Waals surface area contributed by atoms with Gasteiger partial charge in [-0.1, -0.05) is 18.8 Å². The van der Waals surface area contributed by atoms with Crippen LogP contribution in [-0.4, -0.2) is 39.4 Å². The van der Waals surface area contributed by atoms with Crippen LogP contribution in [0.1, 0.15) is 41.0 Å². The highest BCUT2D eigenvalue weighted by atomic mass is 32.1. The van der Waals surface area contributed by atoms with E-state index in [1.165, 1.54) is 0 Å². The molecule has 0 radical (unpaired) electrons. The van der Waals surface area contributed by atoms with Gasteiger partial charge in [-0.15, -0.1) is 0 Å². The number of thiol groups is 1. The molecule has 0 saturated carbocycles. The molecule has 0 spiro atoms. The summed E-state index contributed by atoms with van der Waals surface area (Å²) < 4.78 is 5.70. The molecule has 0 saturated heterocycles. The molecule has 3 nitrogen and oxygen atoms in total. The molecule has 0 aromatic carbocycles. The maximum absolute atomic E-state index is 9.53. The van der Waals surface area contributed by atoms with Crippen molar-refractivity contribution >= 4 is 12.6 Å². The van der Waals surface area contributed by atoms with Gasteiger partial charge in [0.25, 0.3) is 0 Å². The van der Waals surface area contributed by atoms with E-state index in [-0.39, 0.29) is 17.5 Å². The van der Waals surface area contributed by atoms with Gasteiger partial charge in [0.15, 0.2) is 0 Å². The van der Waals surface area contributed by atoms with E-state index in [1.807, 2.05) is 13.8 Å². The van der Waals surface area contributed by atoms with Gasteiger partial charge in [0.05, 0.1) is 12.2 Å². The zero-order valence-electron chi connectivity index (χ0n) is 11.3. The summed E-state index contributed by atoms with van der Waals surface area (Å²) in [5.74, 6) is 5.61. The predicted octanol–water partition coefficient (Wildman–Crippen LogP) is 1.62. The molecule has 0 amide bonds. The Kier molecular flexibility index (Phi) is 7.18. The van der Waals surface area contributed by atoms with Crippen molar-refractivity contribution in [3.8, 4) is 11.8 Å². The third-order valence-corrected chi connectivity index (χ3v) is 2.28. The molecule has 100 valence electrons. The first-order chi connectivity index (χ1) is 7.61. The maximum atomic E-state index is 9.53. The van der Waals surface area contributed by atoms with Crippen LogP contribution in [0, 0.1) is 11.8 Å². The SMILES string of the molecule is C[C@H](C[C@@H](C)O)O[C@@H](C#CC(C)(C)O)[C@H](C)S. The minimum absolute atomic E-state index is 0.0544. The van der Waals surface area contributed by atoms with E-state index in [0.29, 0.717) is 6.42 Å². The van der Waals surface area contributed by atoms with Gasteiger partial charge in [-0.05, 0) is 34.1 Å². The minimum Gasteiger partial charge on any atom is -0.393 e. The highest BCUT2D eigenvalue weighted by Crippen LogP contribution is 2.12. The van der Waals surface area contributed by atoms with Crippen LogP contribution in [0.15, 0.2) is 0 Å². The first-order valence-electron chi connectivity index (χ1n) is 5.88. The summed E-state index contributed by atoms with van der Waals surface area (Å²) in [5, 5.41) is 18.7. The molecule has 0 bridgehead atoms. The fourth-order valence-corrected chi connectivity index (χ4v) is 1.45. The van der Waals surface area contributed by atoms with Crippen LogP contribution < -0.4 is 0 Å². The van der Waals surface area contributed by atoms with Crippen molar-refractivity contribution in [3.63, 3.8) is 0 Å². The second-order valence-electron chi connectivity index (χ2n) is 5.02. The number of hydrogen-bond acceptors (Lipinski definition) is 4. The van der Waals surface area contributed by atoms with E-state index in [9.17, 15) is 10.2 Å². The minimum atomic E-state index is -1.03. The van der Waals surface area contributed by atoms with E-state index in [4.69, 9.17) is 4.74 Å². The van der Waals surface area contributed by atoms with Crippen molar-refractivity contribution in [1.82, 2.24) is 0 Å². The highest BCUT2D eigenvalue weighted by Gasteiger charge is 2.17. The third kappa shape index (κ3) is 9.49. The maximum Gasteiger partial charge on any atom is 0.129 e. The van der Waals surface area contributed by atoms with Crippen molar-refractivity contribution in [2.45, 2.75) is 70.2 Å². The molecule has 0 aromatic rings. The standard InChI is InChI=1S/C13H24O3S/c1-9(14)8-10(2)16-12(11(3)17)6-7-13(4,5)15/h9-12,14-15,17H,8H2,1-5H3/t9-,10-,11+,12+/m1/s1. The average Bonchev–Trinajstić information content (AvgIpc) is 2.08. The summed E-state index contributed by atoms with van der Waals surface area (Å²) in [5.41, 5.74) is -1.03. The van der Waals surface area contributed by atoms with Crippen molar-refractivity contribution in [3.05, 3.63) is 0 Å². The molecule has 0 aliphatic carbocycles. The molecule has 0 unspecified atom stereocenters. The number of ether oxygens (including phenoxy) is 1. The van der Waals surface area contributed by atoms with Gasteiger partial charge < -0.3 is 14.9 Å². The zero-order chi connectivity index (χ0) is 13.6. The quantitative estimate of drug-likeness (QED) is 0.520. The molecule has 0 aliphatic rings. The van der Waals surface area contributed by atoms with Crippen molar-refractivity contribution in [1.29, 1.82) is 0 Å². The van der Waals surface area contributed by atoms with Crippen LogP contribution in [0.25, 0.3) is 0 Å². The predicted molar refractivity (Wildman–Crippen MR) is 73.2 cm³/mol. The summed E-state index contributed by atoms with van der Waals surface area (Å²) in [4.78, 5) is 0. The zero-order valence-corrected chi connectivity index (χ0v) is 12.2. The van der Waals surface area contributed by atoms with Gasteiger partial charge in [-0.2, -0.15) is 12.6 Å². The van der Waals surface area contributed by atoms with Crippen molar-refractivity contribution in [2.75, 3.05) is 0 Å². The van der Waals surface area contributed by atoms with Crippen LogP contribution >= 0.6 is 12.6 Å². The van der Waals surface area contributed by atoms with Gasteiger partial charge >= 0.3 is 0 Å². The largest absolute Gasteiger partial charge is 0.393 e. The van der Waals surface area contributed by atoms with E-state index >= 15 is 0 Å². The van der Waals surface area contributed by atoms with Crippen LogP contribution in [0.3, 0.4) is 0 Å². The van der Waals surface area contributed by atoms with E-state index in [1.54, 1.807) is 20.8 Å². The molecule has 0 fully saturated rings. The first-order valence-corrected chi connectivity index (χ1v) is 6.40. The number of rotatable bonds is 5. The second-order valence-corrected chi connectivity index (χ2v) is 5.84. The fraction of sp³-hybridized carbons (Fsp3) is 0.846. The lowest BCUT2D eigenvalue weighted by Gasteiger charge is -2.22. The Labute approximate surface area is 110 Å². The monoisotopic (exact) mass is 260 g/mol. The second kappa shape index (κ2) is 7.27. The Morgan fingerprint density at radius 2 is 1.82 bits per heavy atom. The summed E-state index contributed by atoms with van der Waals surface area (Å²) in [6, 6.07) is 0. The number of aliphatic hydroxyl groups is 2. The molecule has 2 N–H and O–H groups in total. The molecular formula is C13H24O3S. The topological polar surface area (TPSA) is 49.7 Å². The lowest BCUT2D eigenvalue weighted by atomic mass is 10.1. The molecule has 4 heteroatoms. The van der Waals surface area contributed by atoms with Gasteiger partial charge in [0, 0.05) is 5.25 Å². The lowest BCUT2D eigenvalue weighted by molar-refractivity contribution is 0.00238. The average molecular weight is 260 g/mol. The van der Waals surface area contributed by atoms with Crippen LogP contribution in [-0.2, 0) is 4.74 Å². The van der Waals surface area contributed by atoms with Crippen LogP contribution in [0.5, 0.6) is 0 Å². The highest BCUT2D eigenvalue weighted by molar-refractivity contribution is 7.81. The van der Waals surface area contributed by atoms with E-state index in [0.717, 1.165) is 0 Å². The molecule has 0 aromatic heterocycles. The van der Waals surface area contributed by atoms with Crippen LogP contribution in [0.4, 0.5) is 0 Å². The van der Waals surface area contributed by atoms with Gasteiger partial charge in [-0.3, -0.25) is 0 Å². The van der Waals surface area contributed by atoms with Gasteiger partial charge in [0.1, 0.15) is 11.7 Å². The normalized spacial score (nSPS) is 18.8. The van der Waals surface area contributed by atoms with Crippen molar-refractivity contribution in [2.24, 2.45) is 0 Å². The Bertz CT molecular complexity index is 271. The first kappa shape index (κ1) is 16.8. The molecule has 4 atom stereocenters. The summed E-state index contributed by atoms with van der Waals surface area (Å²) in [6.07, 6.45) is -0.284. The molecule has 0 heterocycles.